The van der Waals surface area contributed by atoms with Crippen LogP contribution in [0, 0.1) is 13.8 Å². The summed E-state index contributed by atoms with van der Waals surface area (Å²) in [6.07, 6.45) is -4.21. The van der Waals surface area contributed by atoms with Crippen LogP contribution >= 0.6 is 11.6 Å². The predicted molar refractivity (Wildman–Crippen MR) is 131 cm³/mol. The number of sulfonamides is 1. The van der Waals surface area contributed by atoms with Crippen molar-refractivity contribution in [1.82, 2.24) is 4.98 Å². The zero-order valence-corrected chi connectivity index (χ0v) is 20.3. The molecule has 0 amide bonds. The van der Waals surface area contributed by atoms with Crippen molar-refractivity contribution in [3.63, 3.8) is 0 Å². The van der Waals surface area contributed by atoms with Gasteiger partial charge in [0, 0.05) is 33.6 Å². The Bertz CT molecular complexity index is 1560. The summed E-state index contributed by atoms with van der Waals surface area (Å²) in [6, 6.07) is 14.6. The minimum Gasteiger partial charge on any atom is -0.383 e. The first-order chi connectivity index (χ1) is 16.3. The fourth-order valence-corrected chi connectivity index (χ4v) is 4.97. The summed E-state index contributed by atoms with van der Waals surface area (Å²) >= 11 is 6.16. The monoisotopic (exact) mass is 519 g/mol. The SMILES string of the molecule is Cc1ccc(S(=O)(=O)N=C(N)c2ccc3[nH]c(C)c(Cc4ccc(C(F)(F)F)cc4Cl)c3c2)cc1. The second kappa shape index (κ2) is 9.05. The molecule has 4 rings (SSSR count). The number of nitrogens with two attached hydrogens (primary N) is 1. The minimum absolute atomic E-state index is 0.00926. The molecule has 0 aliphatic heterocycles. The zero-order valence-electron chi connectivity index (χ0n) is 18.7. The summed E-state index contributed by atoms with van der Waals surface area (Å²) in [6.45, 7) is 3.68. The number of alkyl halides is 3. The molecule has 0 aliphatic rings. The third kappa shape index (κ3) is 5.21. The summed E-state index contributed by atoms with van der Waals surface area (Å²) < 4.78 is 68.1. The standard InChI is InChI=1S/C25H21ClF3N3O2S/c1-14-3-8-19(9-4-14)35(33,34)32-24(30)17-6-10-23-21(12-17)20(15(2)31-23)11-16-5-7-18(13-22(16)26)25(27,28)29/h3-10,12-13,31H,11H2,1-2H3,(H2,30,32). The Balaban J connectivity index is 1.71. The fourth-order valence-electron chi connectivity index (χ4n) is 3.77. The molecule has 0 aliphatic carbocycles. The third-order valence-electron chi connectivity index (χ3n) is 5.70. The van der Waals surface area contributed by atoms with E-state index >= 15 is 0 Å². The molecule has 0 fully saturated rings. The molecular weight excluding hydrogens is 499 g/mol. The number of aromatic amines is 1. The first-order valence-electron chi connectivity index (χ1n) is 10.5. The molecule has 5 nitrogen and oxygen atoms in total. The number of nitrogens with one attached hydrogen (secondary N) is 1. The number of aromatic nitrogens is 1. The second-order valence-electron chi connectivity index (χ2n) is 8.23. The molecular formula is C25H21ClF3N3O2S. The molecule has 35 heavy (non-hydrogen) atoms. The van der Waals surface area contributed by atoms with E-state index in [0.717, 1.165) is 39.9 Å². The van der Waals surface area contributed by atoms with Gasteiger partial charge in [0.2, 0.25) is 0 Å². The molecule has 0 bridgehead atoms. The van der Waals surface area contributed by atoms with Gasteiger partial charge in [0.1, 0.15) is 5.84 Å². The first-order valence-corrected chi connectivity index (χ1v) is 12.3. The van der Waals surface area contributed by atoms with Crippen molar-refractivity contribution in [2.45, 2.75) is 31.3 Å². The van der Waals surface area contributed by atoms with Gasteiger partial charge in [-0.2, -0.15) is 21.6 Å². The average Bonchev–Trinajstić information content (AvgIpc) is 3.08. The van der Waals surface area contributed by atoms with Crippen molar-refractivity contribution in [2.24, 2.45) is 10.1 Å². The number of benzene rings is 3. The molecule has 0 atom stereocenters. The van der Waals surface area contributed by atoms with Crippen LogP contribution in [0.25, 0.3) is 10.9 Å². The van der Waals surface area contributed by atoms with E-state index in [1.54, 1.807) is 30.3 Å². The Morgan fingerprint density at radius 2 is 1.71 bits per heavy atom. The van der Waals surface area contributed by atoms with Gasteiger partial charge < -0.3 is 10.7 Å². The van der Waals surface area contributed by atoms with Gasteiger partial charge in [-0.05, 0) is 67.4 Å². The normalized spacial score (nSPS) is 12.9. The Morgan fingerprint density at radius 1 is 1.03 bits per heavy atom. The fraction of sp³-hybridized carbons (Fsp3) is 0.160. The lowest BCUT2D eigenvalue weighted by atomic mass is 9.99. The molecule has 0 radical (unpaired) electrons. The molecule has 4 aromatic rings. The maximum atomic E-state index is 13.0. The Labute approximate surface area is 205 Å². The molecule has 1 aromatic heterocycles. The topological polar surface area (TPSA) is 88.3 Å². The zero-order chi connectivity index (χ0) is 25.5. The van der Waals surface area contributed by atoms with Gasteiger partial charge in [0.25, 0.3) is 10.0 Å². The van der Waals surface area contributed by atoms with E-state index in [4.69, 9.17) is 17.3 Å². The van der Waals surface area contributed by atoms with Crippen LogP contribution in [0.3, 0.4) is 0 Å². The predicted octanol–water partition coefficient (Wildman–Crippen LogP) is 6.14. The number of hydrogen-bond acceptors (Lipinski definition) is 2. The van der Waals surface area contributed by atoms with Crippen LogP contribution in [0.15, 0.2) is 70.0 Å². The van der Waals surface area contributed by atoms with Crippen LogP contribution in [0.1, 0.15) is 33.5 Å². The van der Waals surface area contributed by atoms with E-state index in [1.165, 1.54) is 18.2 Å². The Kier molecular flexibility index (Phi) is 6.42. The second-order valence-corrected chi connectivity index (χ2v) is 10.2. The van der Waals surface area contributed by atoms with Crippen molar-refractivity contribution < 1.29 is 21.6 Å². The van der Waals surface area contributed by atoms with Crippen LogP contribution in [-0.4, -0.2) is 19.2 Å². The van der Waals surface area contributed by atoms with E-state index in [-0.39, 0.29) is 22.2 Å². The number of fused-ring (bicyclic) bond motifs is 1. The van der Waals surface area contributed by atoms with E-state index in [2.05, 4.69) is 9.38 Å². The summed E-state index contributed by atoms with van der Waals surface area (Å²) in [4.78, 5) is 3.26. The van der Waals surface area contributed by atoms with Crippen molar-refractivity contribution >= 4 is 38.4 Å². The number of hydrogen-bond donors (Lipinski definition) is 2. The maximum Gasteiger partial charge on any atom is 0.416 e. The smallest absolute Gasteiger partial charge is 0.383 e. The van der Waals surface area contributed by atoms with Crippen molar-refractivity contribution in [1.29, 1.82) is 0 Å². The molecule has 0 saturated carbocycles. The molecule has 0 spiro atoms. The van der Waals surface area contributed by atoms with Crippen LogP contribution in [0.5, 0.6) is 0 Å². The molecule has 0 unspecified atom stereocenters. The largest absolute Gasteiger partial charge is 0.416 e. The highest BCUT2D eigenvalue weighted by Crippen LogP contribution is 2.34. The summed E-state index contributed by atoms with van der Waals surface area (Å²) in [7, 11) is -4.01. The number of halogens is 4. The lowest BCUT2D eigenvalue weighted by molar-refractivity contribution is -0.137. The lowest BCUT2D eigenvalue weighted by Crippen LogP contribution is -2.16. The van der Waals surface area contributed by atoms with Gasteiger partial charge in [-0.25, -0.2) is 0 Å². The number of H-pyrrole nitrogens is 1. The van der Waals surface area contributed by atoms with Crippen molar-refractivity contribution in [3.05, 3.63) is 99.2 Å². The van der Waals surface area contributed by atoms with Gasteiger partial charge in [0.05, 0.1) is 10.5 Å². The van der Waals surface area contributed by atoms with Gasteiger partial charge in [-0.15, -0.1) is 4.40 Å². The highest BCUT2D eigenvalue weighted by Gasteiger charge is 2.31. The number of rotatable bonds is 5. The van der Waals surface area contributed by atoms with Gasteiger partial charge in [-0.1, -0.05) is 35.4 Å². The highest BCUT2D eigenvalue weighted by atomic mass is 35.5. The van der Waals surface area contributed by atoms with Crippen LogP contribution in [-0.2, 0) is 22.6 Å². The molecule has 0 saturated heterocycles. The lowest BCUT2D eigenvalue weighted by Gasteiger charge is -2.10. The van der Waals surface area contributed by atoms with E-state index in [0.29, 0.717) is 11.1 Å². The Hall–Kier alpha value is -3.30. The van der Waals surface area contributed by atoms with E-state index < -0.39 is 21.8 Å². The molecule has 3 N–H and O–H groups in total. The van der Waals surface area contributed by atoms with Gasteiger partial charge in [-0.3, -0.25) is 0 Å². The number of aryl methyl sites for hydroxylation is 2. The number of nitrogens with zero attached hydrogens (tertiary/aromatic N) is 1. The third-order valence-corrected chi connectivity index (χ3v) is 7.36. The summed E-state index contributed by atoms with van der Waals surface area (Å²) in [5, 5.41) is 0.747. The summed E-state index contributed by atoms with van der Waals surface area (Å²) in [5.41, 5.74) is 9.45. The highest BCUT2D eigenvalue weighted by molar-refractivity contribution is 7.90. The number of amidine groups is 1. The molecule has 182 valence electrons. The average molecular weight is 520 g/mol. The van der Waals surface area contributed by atoms with Gasteiger partial charge in [0.15, 0.2) is 0 Å². The van der Waals surface area contributed by atoms with Crippen LogP contribution < -0.4 is 5.73 Å². The quantitative estimate of drug-likeness (QED) is 0.245. The summed E-state index contributed by atoms with van der Waals surface area (Å²) in [5.74, 6) is -0.176. The molecule has 3 aromatic carbocycles. The Morgan fingerprint density at radius 3 is 2.34 bits per heavy atom. The maximum absolute atomic E-state index is 13.0. The molecule has 1 heterocycles. The van der Waals surface area contributed by atoms with Crippen LogP contribution in [0.4, 0.5) is 13.2 Å². The van der Waals surface area contributed by atoms with E-state index in [1.807, 2.05) is 13.8 Å². The van der Waals surface area contributed by atoms with Crippen LogP contribution in [0.2, 0.25) is 5.02 Å². The van der Waals surface area contributed by atoms with Gasteiger partial charge >= 0.3 is 6.18 Å². The first kappa shape index (κ1) is 24.8. The van der Waals surface area contributed by atoms with Crippen molar-refractivity contribution in [3.8, 4) is 0 Å². The van der Waals surface area contributed by atoms with E-state index in [9.17, 15) is 21.6 Å². The molecule has 10 heteroatoms. The van der Waals surface area contributed by atoms with Crippen molar-refractivity contribution in [2.75, 3.05) is 0 Å². The minimum atomic E-state index is -4.48.